The normalized spacial score (nSPS) is 16.6. The summed E-state index contributed by atoms with van der Waals surface area (Å²) in [5.74, 6) is 1.08. The summed E-state index contributed by atoms with van der Waals surface area (Å²) >= 11 is 0. The van der Waals surface area contributed by atoms with E-state index in [0.717, 1.165) is 29.8 Å². The highest BCUT2D eigenvalue weighted by atomic mass is 16.5. The second kappa shape index (κ2) is 7.52. The molecule has 126 valence electrons. The monoisotopic (exact) mass is 323 g/mol. The number of fused-ring (bicyclic) bond motifs is 1. The maximum Gasteiger partial charge on any atom is 0.227 e. The van der Waals surface area contributed by atoms with Crippen molar-refractivity contribution < 1.29 is 9.53 Å². The molecular weight excluding hydrogens is 298 g/mol. The fraction of sp³-hybridized carbons (Fsp3) is 0.381. The molecule has 0 saturated heterocycles. The predicted molar refractivity (Wildman–Crippen MR) is 97.6 cm³/mol. The van der Waals surface area contributed by atoms with E-state index in [1.54, 1.807) is 0 Å². The van der Waals surface area contributed by atoms with Gasteiger partial charge in [-0.1, -0.05) is 36.4 Å². The van der Waals surface area contributed by atoms with Crippen LogP contribution in [0.5, 0.6) is 5.75 Å². The number of rotatable bonds is 5. The lowest BCUT2D eigenvalue weighted by molar-refractivity contribution is -0.119. The molecule has 2 aromatic rings. The van der Waals surface area contributed by atoms with Gasteiger partial charge in [0.1, 0.15) is 5.75 Å². The molecule has 0 radical (unpaired) electrons. The Morgan fingerprint density at radius 3 is 2.75 bits per heavy atom. The number of carbonyl (C=O) groups excluding carboxylic acids is 1. The SMILES string of the molecule is CCOc1ccccc1CCC(=O)N1c2ccccc2CCC1C. The molecule has 0 fully saturated rings. The van der Waals surface area contributed by atoms with Gasteiger partial charge in [0.25, 0.3) is 0 Å². The van der Waals surface area contributed by atoms with Crippen LogP contribution in [0.1, 0.15) is 37.8 Å². The lowest BCUT2D eigenvalue weighted by Crippen LogP contribution is -2.42. The van der Waals surface area contributed by atoms with Gasteiger partial charge in [0.2, 0.25) is 5.91 Å². The minimum absolute atomic E-state index is 0.195. The van der Waals surface area contributed by atoms with E-state index in [-0.39, 0.29) is 11.9 Å². The molecule has 1 amide bonds. The Bertz CT molecular complexity index is 710. The van der Waals surface area contributed by atoms with Gasteiger partial charge in [-0.15, -0.1) is 0 Å². The third kappa shape index (κ3) is 3.45. The molecule has 1 atom stereocenters. The lowest BCUT2D eigenvalue weighted by atomic mass is 9.96. The lowest BCUT2D eigenvalue weighted by Gasteiger charge is -2.35. The van der Waals surface area contributed by atoms with Gasteiger partial charge < -0.3 is 9.64 Å². The molecule has 0 N–H and O–H groups in total. The van der Waals surface area contributed by atoms with Crippen molar-refractivity contribution in [1.82, 2.24) is 0 Å². The van der Waals surface area contributed by atoms with Crippen LogP contribution in [-0.2, 0) is 17.6 Å². The highest BCUT2D eigenvalue weighted by Gasteiger charge is 2.27. The van der Waals surface area contributed by atoms with Crippen LogP contribution in [0.2, 0.25) is 0 Å². The molecule has 3 heteroatoms. The van der Waals surface area contributed by atoms with Crippen LogP contribution in [0, 0.1) is 0 Å². The zero-order valence-corrected chi connectivity index (χ0v) is 14.5. The molecule has 24 heavy (non-hydrogen) atoms. The van der Waals surface area contributed by atoms with Crippen molar-refractivity contribution in [3.8, 4) is 5.75 Å². The Morgan fingerprint density at radius 1 is 1.17 bits per heavy atom. The molecule has 0 aromatic heterocycles. The Balaban J connectivity index is 1.74. The van der Waals surface area contributed by atoms with Crippen LogP contribution in [0.4, 0.5) is 5.69 Å². The van der Waals surface area contributed by atoms with E-state index in [1.807, 2.05) is 42.2 Å². The van der Waals surface area contributed by atoms with Gasteiger partial charge in [0.05, 0.1) is 6.61 Å². The summed E-state index contributed by atoms with van der Waals surface area (Å²) in [5, 5.41) is 0. The fourth-order valence-electron chi connectivity index (χ4n) is 3.44. The molecule has 3 rings (SSSR count). The molecule has 1 aliphatic rings. The zero-order chi connectivity index (χ0) is 16.9. The summed E-state index contributed by atoms with van der Waals surface area (Å²) < 4.78 is 5.67. The summed E-state index contributed by atoms with van der Waals surface area (Å²) in [6.07, 6.45) is 3.29. The van der Waals surface area contributed by atoms with Gasteiger partial charge in [0, 0.05) is 18.2 Å². The third-order valence-corrected chi connectivity index (χ3v) is 4.67. The predicted octanol–water partition coefficient (Wildman–Crippen LogP) is 4.39. The quantitative estimate of drug-likeness (QED) is 0.817. The molecule has 0 spiro atoms. The van der Waals surface area contributed by atoms with E-state index in [4.69, 9.17) is 4.74 Å². The number of ether oxygens (including phenoxy) is 1. The minimum Gasteiger partial charge on any atom is -0.494 e. The number of carbonyl (C=O) groups is 1. The second-order valence-electron chi connectivity index (χ2n) is 6.32. The van der Waals surface area contributed by atoms with Gasteiger partial charge >= 0.3 is 0 Å². The molecule has 2 aromatic carbocycles. The number of amides is 1. The number of hydrogen-bond donors (Lipinski definition) is 0. The standard InChI is InChI=1S/C21H25NO2/c1-3-24-20-11-7-5-9-18(20)14-15-21(23)22-16(2)12-13-17-8-4-6-10-19(17)22/h4-11,16H,3,12-15H2,1-2H3. The van der Waals surface area contributed by atoms with Crippen molar-refractivity contribution in [3.05, 3.63) is 59.7 Å². The summed E-state index contributed by atoms with van der Waals surface area (Å²) in [6, 6.07) is 16.5. The molecule has 3 nitrogen and oxygen atoms in total. The molecular formula is C21H25NO2. The Kier molecular flexibility index (Phi) is 5.19. The van der Waals surface area contributed by atoms with Crippen LogP contribution in [0.15, 0.2) is 48.5 Å². The van der Waals surface area contributed by atoms with Crippen molar-refractivity contribution in [2.24, 2.45) is 0 Å². The van der Waals surface area contributed by atoms with E-state index in [2.05, 4.69) is 25.1 Å². The summed E-state index contributed by atoms with van der Waals surface area (Å²) in [6.45, 7) is 4.76. The Labute approximate surface area is 144 Å². The van der Waals surface area contributed by atoms with E-state index in [1.165, 1.54) is 5.56 Å². The van der Waals surface area contributed by atoms with Gasteiger partial charge in [-0.2, -0.15) is 0 Å². The van der Waals surface area contributed by atoms with Gasteiger partial charge in [0.15, 0.2) is 0 Å². The van der Waals surface area contributed by atoms with Crippen LogP contribution >= 0.6 is 0 Å². The zero-order valence-electron chi connectivity index (χ0n) is 14.5. The molecule has 1 unspecified atom stereocenters. The average Bonchev–Trinajstić information content (AvgIpc) is 2.61. The summed E-state index contributed by atoms with van der Waals surface area (Å²) in [5.41, 5.74) is 3.46. The van der Waals surface area contributed by atoms with Gasteiger partial charge in [-0.3, -0.25) is 4.79 Å². The van der Waals surface area contributed by atoms with Gasteiger partial charge in [-0.05, 0) is 56.4 Å². The molecule has 0 bridgehead atoms. The number of benzene rings is 2. The van der Waals surface area contributed by atoms with Crippen LogP contribution in [0.3, 0.4) is 0 Å². The Morgan fingerprint density at radius 2 is 1.92 bits per heavy atom. The van der Waals surface area contributed by atoms with Crippen LogP contribution in [-0.4, -0.2) is 18.6 Å². The fourth-order valence-corrected chi connectivity index (χ4v) is 3.44. The largest absolute Gasteiger partial charge is 0.494 e. The maximum absolute atomic E-state index is 12.9. The van der Waals surface area contributed by atoms with Crippen molar-refractivity contribution in [2.45, 2.75) is 45.6 Å². The first-order valence-corrected chi connectivity index (χ1v) is 8.81. The van der Waals surface area contributed by atoms with E-state index >= 15 is 0 Å². The van der Waals surface area contributed by atoms with E-state index in [9.17, 15) is 4.79 Å². The number of aryl methyl sites for hydroxylation is 2. The summed E-state index contributed by atoms with van der Waals surface area (Å²) in [4.78, 5) is 14.9. The van der Waals surface area contributed by atoms with Crippen molar-refractivity contribution >= 4 is 11.6 Å². The number of para-hydroxylation sites is 2. The van der Waals surface area contributed by atoms with Crippen molar-refractivity contribution in [2.75, 3.05) is 11.5 Å². The highest BCUT2D eigenvalue weighted by molar-refractivity contribution is 5.95. The highest BCUT2D eigenvalue weighted by Crippen LogP contribution is 2.31. The first kappa shape index (κ1) is 16.6. The number of hydrogen-bond acceptors (Lipinski definition) is 2. The topological polar surface area (TPSA) is 29.5 Å². The second-order valence-corrected chi connectivity index (χ2v) is 6.32. The van der Waals surface area contributed by atoms with E-state index in [0.29, 0.717) is 19.4 Å². The molecule has 1 heterocycles. The smallest absolute Gasteiger partial charge is 0.227 e. The molecule has 0 saturated carbocycles. The van der Waals surface area contributed by atoms with Crippen molar-refractivity contribution in [3.63, 3.8) is 0 Å². The summed E-state index contributed by atoms with van der Waals surface area (Å²) in [7, 11) is 0. The minimum atomic E-state index is 0.195. The van der Waals surface area contributed by atoms with Crippen molar-refractivity contribution in [1.29, 1.82) is 0 Å². The third-order valence-electron chi connectivity index (χ3n) is 4.67. The first-order chi connectivity index (χ1) is 11.7. The average molecular weight is 323 g/mol. The van der Waals surface area contributed by atoms with Crippen LogP contribution < -0.4 is 9.64 Å². The number of anilines is 1. The van der Waals surface area contributed by atoms with Gasteiger partial charge in [-0.25, -0.2) is 0 Å². The Hall–Kier alpha value is -2.29. The first-order valence-electron chi connectivity index (χ1n) is 8.81. The maximum atomic E-state index is 12.9. The van der Waals surface area contributed by atoms with Crippen LogP contribution in [0.25, 0.3) is 0 Å². The molecule has 1 aliphatic heterocycles. The number of nitrogens with zero attached hydrogens (tertiary/aromatic N) is 1. The van der Waals surface area contributed by atoms with E-state index < -0.39 is 0 Å². The molecule has 0 aliphatic carbocycles.